The minimum atomic E-state index is -2.77. The van der Waals surface area contributed by atoms with Crippen LogP contribution in [0.2, 0.25) is 5.02 Å². The van der Waals surface area contributed by atoms with Crippen molar-refractivity contribution in [2.45, 2.75) is 6.43 Å². The SMILES string of the molecule is O=C(O)c1cc(Cl)ccc1NC(=O)N(CCO)CC(F)F. The van der Waals surface area contributed by atoms with Gasteiger partial charge in [-0.3, -0.25) is 0 Å². The van der Waals surface area contributed by atoms with Crippen molar-refractivity contribution < 1.29 is 28.6 Å². The van der Waals surface area contributed by atoms with Crippen LogP contribution < -0.4 is 5.32 Å². The molecule has 3 N–H and O–H groups in total. The Kier molecular flexibility index (Phi) is 6.32. The lowest BCUT2D eigenvalue weighted by Crippen LogP contribution is -2.40. The molecule has 2 amide bonds. The second-order valence-electron chi connectivity index (χ2n) is 3.99. The van der Waals surface area contributed by atoms with Gasteiger partial charge in [0.05, 0.1) is 24.4 Å². The zero-order valence-corrected chi connectivity index (χ0v) is 11.5. The van der Waals surface area contributed by atoms with Gasteiger partial charge in [-0.25, -0.2) is 18.4 Å². The van der Waals surface area contributed by atoms with Gasteiger partial charge in [-0.2, -0.15) is 0 Å². The molecule has 0 heterocycles. The molecule has 0 aliphatic carbocycles. The lowest BCUT2D eigenvalue weighted by Gasteiger charge is -2.22. The van der Waals surface area contributed by atoms with E-state index in [0.717, 1.165) is 6.07 Å². The van der Waals surface area contributed by atoms with Crippen molar-refractivity contribution in [2.75, 3.05) is 25.0 Å². The Labute approximate surface area is 123 Å². The molecule has 1 aromatic rings. The van der Waals surface area contributed by atoms with E-state index < -0.39 is 31.6 Å². The van der Waals surface area contributed by atoms with E-state index in [0.29, 0.717) is 4.90 Å². The summed E-state index contributed by atoms with van der Waals surface area (Å²) in [5.41, 5.74) is -0.342. The fraction of sp³-hybridized carbons (Fsp3) is 0.333. The molecule has 0 bridgehead atoms. The van der Waals surface area contributed by atoms with Crippen LogP contribution in [0.25, 0.3) is 0 Å². The Morgan fingerprint density at radius 1 is 1.38 bits per heavy atom. The van der Waals surface area contributed by atoms with Gasteiger partial charge in [0.2, 0.25) is 0 Å². The number of nitrogens with one attached hydrogen (secondary N) is 1. The minimum Gasteiger partial charge on any atom is -0.478 e. The highest BCUT2D eigenvalue weighted by Gasteiger charge is 2.20. The van der Waals surface area contributed by atoms with Crippen LogP contribution in [0.4, 0.5) is 19.3 Å². The van der Waals surface area contributed by atoms with Gasteiger partial charge in [0.15, 0.2) is 0 Å². The van der Waals surface area contributed by atoms with Crippen LogP contribution in [0.3, 0.4) is 0 Å². The average Bonchev–Trinajstić information content (AvgIpc) is 2.39. The van der Waals surface area contributed by atoms with Gasteiger partial charge < -0.3 is 20.4 Å². The van der Waals surface area contributed by atoms with Crippen LogP contribution in [-0.2, 0) is 0 Å². The number of benzene rings is 1. The maximum atomic E-state index is 12.4. The van der Waals surface area contributed by atoms with Crippen LogP contribution in [0.15, 0.2) is 18.2 Å². The number of aromatic carboxylic acids is 1. The number of rotatable bonds is 6. The molecule has 0 atom stereocenters. The quantitative estimate of drug-likeness (QED) is 0.748. The largest absolute Gasteiger partial charge is 0.478 e. The maximum Gasteiger partial charge on any atom is 0.337 e. The third-order valence-electron chi connectivity index (χ3n) is 2.47. The summed E-state index contributed by atoms with van der Waals surface area (Å²) in [4.78, 5) is 23.6. The summed E-state index contributed by atoms with van der Waals surface area (Å²) in [6, 6.07) is 2.80. The van der Waals surface area contributed by atoms with Gasteiger partial charge >= 0.3 is 12.0 Å². The smallest absolute Gasteiger partial charge is 0.337 e. The predicted octanol–water partition coefficient (Wildman–Crippen LogP) is 2.13. The number of carboxylic acid groups (broad SMARTS) is 1. The monoisotopic (exact) mass is 322 g/mol. The molecule has 9 heteroatoms. The molecule has 6 nitrogen and oxygen atoms in total. The highest BCUT2D eigenvalue weighted by Crippen LogP contribution is 2.21. The van der Waals surface area contributed by atoms with Crippen LogP contribution in [0.5, 0.6) is 0 Å². The number of halogens is 3. The molecule has 0 unspecified atom stereocenters. The molecule has 0 aliphatic heterocycles. The van der Waals surface area contributed by atoms with Crippen LogP contribution in [-0.4, -0.2) is 53.2 Å². The highest BCUT2D eigenvalue weighted by molar-refractivity contribution is 6.31. The first-order chi connectivity index (χ1) is 9.85. The Morgan fingerprint density at radius 2 is 2.05 bits per heavy atom. The summed E-state index contributed by atoms with van der Waals surface area (Å²) >= 11 is 5.66. The first-order valence-electron chi connectivity index (χ1n) is 5.83. The van der Waals surface area contributed by atoms with E-state index >= 15 is 0 Å². The fourth-order valence-corrected chi connectivity index (χ4v) is 1.73. The normalized spacial score (nSPS) is 10.5. The molecule has 0 saturated heterocycles. The number of hydrogen-bond acceptors (Lipinski definition) is 3. The Bertz CT molecular complexity index is 528. The Hall–Kier alpha value is -1.93. The summed E-state index contributed by atoms with van der Waals surface area (Å²) in [5, 5.41) is 20.1. The minimum absolute atomic E-state index is 0.0749. The van der Waals surface area contributed by atoms with Crippen molar-refractivity contribution in [3.8, 4) is 0 Å². The van der Waals surface area contributed by atoms with E-state index in [-0.39, 0.29) is 22.8 Å². The number of carbonyl (C=O) groups excluding carboxylic acids is 1. The van der Waals surface area contributed by atoms with Crippen molar-refractivity contribution >= 4 is 29.3 Å². The summed E-state index contributed by atoms with van der Waals surface area (Å²) in [6.45, 7) is -1.67. The topological polar surface area (TPSA) is 89.9 Å². The number of hydrogen-bond donors (Lipinski definition) is 3. The number of carbonyl (C=O) groups is 2. The van der Waals surface area contributed by atoms with Gasteiger partial charge in [-0.1, -0.05) is 11.6 Å². The second-order valence-corrected chi connectivity index (χ2v) is 4.42. The summed E-state index contributed by atoms with van der Waals surface area (Å²) in [5.74, 6) is -1.32. The maximum absolute atomic E-state index is 12.4. The fourth-order valence-electron chi connectivity index (χ4n) is 1.56. The van der Waals surface area contributed by atoms with Crippen molar-refractivity contribution in [1.82, 2.24) is 4.90 Å². The molecule has 0 fully saturated rings. The second kappa shape index (κ2) is 7.75. The van der Waals surface area contributed by atoms with Gasteiger partial charge in [0.1, 0.15) is 0 Å². The third kappa shape index (κ3) is 5.16. The van der Waals surface area contributed by atoms with Crippen molar-refractivity contribution in [1.29, 1.82) is 0 Å². The number of aliphatic hydroxyl groups excluding tert-OH is 1. The van der Waals surface area contributed by atoms with Crippen LogP contribution >= 0.6 is 11.6 Å². The number of alkyl halides is 2. The Balaban J connectivity index is 2.92. The van der Waals surface area contributed by atoms with Gasteiger partial charge in [-0.05, 0) is 18.2 Å². The van der Waals surface area contributed by atoms with Gasteiger partial charge in [-0.15, -0.1) is 0 Å². The zero-order chi connectivity index (χ0) is 16.0. The number of nitrogens with zero attached hydrogens (tertiary/aromatic N) is 1. The van der Waals surface area contributed by atoms with Crippen molar-refractivity contribution in [3.63, 3.8) is 0 Å². The molecule has 0 spiro atoms. The predicted molar refractivity (Wildman–Crippen MR) is 72.1 cm³/mol. The molecule has 0 radical (unpaired) electrons. The van der Waals surface area contributed by atoms with Crippen LogP contribution in [0, 0.1) is 0 Å². The average molecular weight is 323 g/mol. The van der Waals surface area contributed by atoms with E-state index in [9.17, 15) is 18.4 Å². The molecule has 0 aromatic heterocycles. The summed E-state index contributed by atoms with van der Waals surface area (Å²) in [7, 11) is 0. The molecule has 1 aromatic carbocycles. The van der Waals surface area contributed by atoms with Crippen LogP contribution in [0.1, 0.15) is 10.4 Å². The molecule has 1 rings (SSSR count). The van der Waals surface area contributed by atoms with Gasteiger partial charge in [0, 0.05) is 11.6 Å². The summed E-state index contributed by atoms with van der Waals surface area (Å²) < 4.78 is 24.7. The first kappa shape index (κ1) is 17.1. The van der Waals surface area contributed by atoms with E-state index in [4.69, 9.17) is 21.8 Å². The lowest BCUT2D eigenvalue weighted by atomic mass is 10.2. The van der Waals surface area contributed by atoms with E-state index in [1.54, 1.807) is 0 Å². The van der Waals surface area contributed by atoms with Crippen molar-refractivity contribution in [2.24, 2.45) is 0 Å². The lowest BCUT2D eigenvalue weighted by molar-refractivity contribution is 0.0697. The highest BCUT2D eigenvalue weighted by atomic mass is 35.5. The standard InChI is InChI=1S/C12H13ClF2N2O4/c13-7-1-2-9(8(5-7)11(19)20)16-12(21)17(3-4-18)6-10(14)15/h1-2,5,10,18H,3-4,6H2,(H,16,21)(H,19,20). The van der Waals surface area contributed by atoms with Gasteiger partial charge in [0.25, 0.3) is 6.43 Å². The molecule has 0 saturated carbocycles. The molecular weight excluding hydrogens is 310 g/mol. The molecule has 21 heavy (non-hydrogen) atoms. The Morgan fingerprint density at radius 3 is 2.57 bits per heavy atom. The number of amides is 2. The molecular formula is C12H13ClF2N2O4. The number of urea groups is 1. The first-order valence-corrected chi connectivity index (χ1v) is 6.20. The molecule has 0 aliphatic rings. The van der Waals surface area contributed by atoms with E-state index in [2.05, 4.69) is 5.32 Å². The zero-order valence-electron chi connectivity index (χ0n) is 10.7. The summed E-state index contributed by atoms with van der Waals surface area (Å²) in [6.07, 6.45) is -2.77. The van der Waals surface area contributed by atoms with E-state index in [1.165, 1.54) is 12.1 Å². The molecule has 116 valence electrons. The van der Waals surface area contributed by atoms with E-state index in [1.807, 2.05) is 0 Å². The number of aliphatic hydroxyl groups is 1. The van der Waals surface area contributed by atoms with Crippen molar-refractivity contribution in [3.05, 3.63) is 28.8 Å². The third-order valence-corrected chi connectivity index (χ3v) is 2.70. The number of carboxylic acids is 1. The number of anilines is 1.